The van der Waals surface area contributed by atoms with Gasteiger partial charge in [-0.1, -0.05) is 18.2 Å². The van der Waals surface area contributed by atoms with Crippen molar-refractivity contribution in [2.45, 2.75) is 27.7 Å². The van der Waals surface area contributed by atoms with Crippen LogP contribution in [0, 0.1) is 19.3 Å². The first kappa shape index (κ1) is 12.6. The highest BCUT2D eigenvalue weighted by atomic mass is 16.4. The summed E-state index contributed by atoms with van der Waals surface area (Å²) in [4.78, 5) is 11.0. The number of carboxylic acids is 1. The summed E-state index contributed by atoms with van der Waals surface area (Å²) in [7, 11) is 0. The number of para-hydroxylation sites is 1. The molecule has 1 aromatic rings. The molecule has 2 N–H and O–H groups in total. The Morgan fingerprint density at radius 1 is 1.31 bits per heavy atom. The van der Waals surface area contributed by atoms with Gasteiger partial charge in [-0.3, -0.25) is 4.79 Å². The van der Waals surface area contributed by atoms with E-state index in [1.54, 1.807) is 13.8 Å². The molecule has 1 rings (SSSR count). The molecule has 0 bridgehead atoms. The fraction of sp³-hybridized carbons (Fsp3) is 0.462. The molecule has 0 fully saturated rings. The van der Waals surface area contributed by atoms with Crippen LogP contribution in [0.3, 0.4) is 0 Å². The fourth-order valence-electron chi connectivity index (χ4n) is 1.48. The molecule has 16 heavy (non-hydrogen) atoms. The quantitative estimate of drug-likeness (QED) is 0.822. The summed E-state index contributed by atoms with van der Waals surface area (Å²) in [6.07, 6.45) is 0. The Kier molecular flexibility index (Phi) is 3.58. The van der Waals surface area contributed by atoms with Crippen LogP contribution in [0.1, 0.15) is 25.0 Å². The van der Waals surface area contributed by atoms with Gasteiger partial charge in [0.2, 0.25) is 0 Å². The van der Waals surface area contributed by atoms with Crippen LogP contribution in [0.4, 0.5) is 5.69 Å². The van der Waals surface area contributed by atoms with Crippen LogP contribution in [-0.4, -0.2) is 17.6 Å². The number of carbonyl (C=O) groups is 1. The van der Waals surface area contributed by atoms with Crippen molar-refractivity contribution < 1.29 is 9.90 Å². The van der Waals surface area contributed by atoms with Gasteiger partial charge in [-0.15, -0.1) is 0 Å². The zero-order chi connectivity index (χ0) is 12.3. The highest BCUT2D eigenvalue weighted by molar-refractivity contribution is 5.74. The van der Waals surface area contributed by atoms with E-state index in [-0.39, 0.29) is 0 Å². The van der Waals surface area contributed by atoms with E-state index in [1.165, 1.54) is 0 Å². The highest BCUT2D eigenvalue weighted by Gasteiger charge is 2.26. The number of benzene rings is 1. The van der Waals surface area contributed by atoms with E-state index >= 15 is 0 Å². The molecule has 0 aliphatic carbocycles. The van der Waals surface area contributed by atoms with Crippen molar-refractivity contribution in [1.29, 1.82) is 0 Å². The third-order valence-corrected chi connectivity index (χ3v) is 2.77. The molecular formula is C13H19NO2. The third kappa shape index (κ3) is 2.75. The summed E-state index contributed by atoms with van der Waals surface area (Å²) in [6.45, 7) is 7.89. The number of aryl methyl sites for hydroxylation is 2. The Labute approximate surface area is 96.5 Å². The summed E-state index contributed by atoms with van der Waals surface area (Å²) < 4.78 is 0. The lowest BCUT2D eigenvalue weighted by Gasteiger charge is -2.22. The van der Waals surface area contributed by atoms with Gasteiger partial charge in [-0.05, 0) is 38.8 Å². The molecule has 1 aromatic carbocycles. The van der Waals surface area contributed by atoms with Gasteiger partial charge < -0.3 is 10.4 Å². The zero-order valence-electron chi connectivity index (χ0n) is 10.3. The van der Waals surface area contributed by atoms with Crippen LogP contribution >= 0.6 is 0 Å². The summed E-state index contributed by atoms with van der Waals surface area (Å²) >= 11 is 0. The molecule has 88 valence electrons. The topological polar surface area (TPSA) is 49.3 Å². The Morgan fingerprint density at radius 2 is 1.81 bits per heavy atom. The minimum atomic E-state index is -0.786. The number of carboxylic acid groups (broad SMARTS) is 1. The molecule has 0 aliphatic heterocycles. The first-order valence-electron chi connectivity index (χ1n) is 5.38. The molecule has 0 spiro atoms. The maximum absolute atomic E-state index is 11.0. The lowest BCUT2D eigenvalue weighted by atomic mass is 9.93. The van der Waals surface area contributed by atoms with Crippen molar-refractivity contribution >= 4 is 11.7 Å². The smallest absolute Gasteiger partial charge is 0.310 e. The SMILES string of the molecule is Cc1cccc(C)c1NCC(C)(C)C(=O)O. The number of rotatable bonds is 4. The molecule has 3 heteroatoms. The molecule has 0 aliphatic rings. The van der Waals surface area contributed by atoms with E-state index in [0.29, 0.717) is 6.54 Å². The fourth-order valence-corrected chi connectivity index (χ4v) is 1.48. The number of nitrogens with one attached hydrogen (secondary N) is 1. The van der Waals surface area contributed by atoms with Crippen molar-refractivity contribution in [3.8, 4) is 0 Å². The van der Waals surface area contributed by atoms with E-state index in [9.17, 15) is 4.79 Å². The summed E-state index contributed by atoms with van der Waals surface area (Å²) in [6, 6.07) is 6.03. The van der Waals surface area contributed by atoms with Gasteiger partial charge in [0.1, 0.15) is 0 Å². The Bertz CT molecular complexity index is 377. The maximum atomic E-state index is 11.0. The predicted octanol–water partition coefficient (Wildman–Crippen LogP) is 2.83. The van der Waals surface area contributed by atoms with Crippen LogP contribution in [0.5, 0.6) is 0 Å². The zero-order valence-corrected chi connectivity index (χ0v) is 10.3. The van der Waals surface area contributed by atoms with Crippen molar-refractivity contribution in [3.05, 3.63) is 29.3 Å². The average molecular weight is 221 g/mol. The lowest BCUT2D eigenvalue weighted by molar-refractivity contribution is -0.146. The lowest BCUT2D eigenvalue weighted by Crippen LogP contribution is -2.32. The monoisotopic (exact) mass is 221 g/mol. The molecule has 0 saturated heterocycles. The van der Waals surface area contributed by atoms with Crippen molar-refractivity contribution in [2.75, 3.05) is 11.9 Å². The van der Waals surface area contributed by atoms with E-state index < -0.39 is 11.4 Å². The van der Waals surface area contributed by atoms with Gasteiger partial charge in [0, 0.05) is 12.2 Å². The second-order valence-corrected chi connectivity index (χ2v) is 4.81. The third-order valence-electron chi connectivity index (χ3n) is 2.77. The van der Waals surface area contributed by atoms with E-state index in [0.717, 1.165) is 16.8 Å². The van der Waals surface area contributed by atoms with Crippen LogP contribution < -0.4 is 5.32 Å². The number of hydrogen-bond acceptors (Lipinski definition) is 2. The van der Waals surface area contributed by atoms with Crippen molar-refractivity contribution in [3.63, 3.8) is 0 Å². The molecule has 0 aromatic heterocycles. The largest absolute Gasteiger partial charge is 0.481 e. The standard InChI is InChI=1S/C13H19NO2/c1-9-6-5-7-10(2)11(9)14-8-13(3,4)12(15)16/h5-7,14H,8H2,1-4H3,(H,15,16). The van der Waals surface area contributed by atoms with Gasteiger partial charge in [0.05, 0.1) is 5.41 Å². The molecule has 0 unspecified atom stereocenters. The van der Waals surface area contributed by atoms with Crippen LogP contribution in [0.2, 0.25) is 0 Å². The normalized spacial score (nSPS) is 11.2. The highest BCUT2D eigenvalue weighted by Crippen LogP contribution is 2.22. The van der Waals surface area contributed by atoms with Gasteiger partial charge in [-0.25, -0.2) is 0 Å². The predicted molar refractivity (Wildman–Crippen MR) is 65.8 cm³/mol. The van der Waals surface area contributed by atoms with Crippen LogP contribution in [-0.2, 0) is 4.79 Å². The van der Waals surface area contributed by atoms with E-state index in [1.807, 2.05) is 32.0 Å². The molecule has 3 nitrogen and oxygen atoms in total. The summed E-state index contributed by atoms with van der Waals surface area (Å²) in [5, 5.41) is 12.2. The molecule has 0 radical (unpaired) electrons. The number of anilines is 1. The Balaban J connectivity index is 2.79. The summed E-state index contributed by atoms with van der Waals surface area (Å²) in [5.41, 5.74) is 2.56. The average Bonchev–Trinajstić information content (AvgIpc) is 2.16. The second kappa shape index (κ2) is 4.56. The van der Waals surface area contributed by atoms with Crippen LogP contribution in [0.15, 0.2) is 18.2 Å². The molecule has 0 saturated carbocycles. The molecule has 0 amide bonds. The van der Waals surface area contributed by atoms with Gasteiger partial charge in [0.15, 0.2) is 0 Å². The van der Waals surface area contributed by atoms with Crippen molar-refractivity contribution in [2.24, 2.45) is 5.41 Å². The van der Waals surface area contributed by atoms with Gasteiger partial charge >= 0.3 is 5.97 Å². The van der Waals surface area contributed by atoms with Crippen molar-refractivity contribution in [1.82, 2.24) is 0 Å². The van der Waals surface area contributed by atoms with Crippen LogP contribution in [0.25, 0.3) is 0 Å². The molecular weight excluding hydrogens is 202 g/mol. The molecule has 0 atom stereocenters. The first-order valence-corrected chi connectivity index (χ1v) is 5.38. The number of hydrogen-bond donors (Lipinski definition) is 2. The number of aliphatic carboxylic acids is 1. The van der Waals surface area contributed by atoms with Gasteiger partial charge in [0.25, 0.3) is 0 Å². The molecule has 0 heterocycles. The Hall–Kier alpha value is -1.51. The van der Waals surface area contributed by atoms with E-state index in [2.05, 4.69) is 5.32 Å². The minimum Gasteiger partial charge on any atom is -0.481 e. The summed E-state index contributed by atoms with van der Waals surface area (Å²) in [5.74, 6) is -0.786. The maximum Gasteiger partial charge on any atom is 0.310 e. The first-order chi connectivity index (χ1) is 7.34. The van der Waals surface area contributed by atoms with E-state index in [4.69, 9.17) is 5.11 Å². The second-order valence-electron chi connectivity index (χ2n) is 4.81. The van der Waals surface area contributed by atoms with Gasteiger partial charge in [-0.2, -0.15) is 0 Å². The Morgan fingerprint density at radius 3 is 2.25 bits per heavy atom. The minimum absolute atomic E-state index is 0.425.